The maximum Gasteiger partial charge on any atom is 0.213 e. The van der Waals surface area contributed by atoms with Gasteiger partial charge in [-0.15, -0.1) is 0 Å². The van der Waals surface area contributed by atoms with Crippen molar-refractivity contribution in [2.45, 2.75) is 19.8 Å². The molecule has 7 heteroatoms. The molecule has 1 fully saturated rings. The van der Waals surface area contributed by atoms with Gasteiger partial charge in [0.1, 0.15) is 0 Å². The van der Waals surface area contributed by atoms with E-state index in [9.17, 15) is 0 Å². The lowest BCUT2D eigenvalue weighted by atomic mass is 10.4. The molecule has 1 saturated heterocycles. The van der Waals surface area contributed by atoms with Crippen LogP contribution in [0.25, 0.3) is 10.7 Å². The third-order valence-electron chi connectivity index (χ3n) is 2.88. The Morgan fingerprint density at radius 2 is 2.00 bits per heavy atom. The summed E-state index contributed by atoms with van der Waals surface area (Å²) >= 11 is 6.64. The SMILES string of the molecule is Cc1nc(N2CCCC2)sc1-c1nc(=S)[nH][nH]1. The smallest absolute Gasteiger partial charge is 0.213 e. The third kappa shape index (κ3) is 2.00. The molecule has 0 bridgehead atoms. The van der Waals surface area contributed by atoms with Crippen molar-refractivity contribution in [2.24, 2.45) is 0 Å². The van der Waals surface area contributed by atoms with E-state index < -0.39 is 0 Å². The minimum absolute atomic E-state index is 0.482. The molecule has 5 nitrogen and oxygen atoms in total. The fourth-order valence-corrected chi connectivity index (χ4v) is 3.23. The number of anilines is 1. The van der Waals surface area contributed by atoms with Crippen LogP contribution in [0, 0.1) is 11.7 Å². The molecule has 0 atom stereocenters. The van der Waals surface area contributed by atoms with Crippen LogP contribution in [-0.4, -0.2) is 33.3 Å². The summed E-state index contributed by atoms with van der Waals surface area (Å²) in [6.07, 6.45) is 2.53. The number of aryl methyl sites for hydroxylation is 1. The van der Waals surface area contributed by atoms with E-state index >= 15 is 0 Å². The van der Waals surface area contributed by atoms with Crippen molar-refractivity contribution in [3.05, 3.63) is 10.5 Å². The summed E-state index contributed by atoms with van der Waals surface area (Å²) in [7, 11) is 0. The van der Waals surface area contributed by atoms with E-state index in [1.165, 1.54) is 12.8 Å². The number of nitrogens with one attached hydrogen (secondary N) is 2. The second kappa shape index (κ2) is 4.23. The van der Waals surface area contributed by atoms with Gasteiger partial charge in [-0.2, -0.15) is 4.98 Å². The molecule has 0 amide bonds. The fourth-order valence-electron chi connectivity index (χ4n) is 2.02. The van der Waals surface area contributed by atoms with Crippen LogP contribution in [-0.2, 0) is 0 Å². The highest BCUT2D eigenvalue weighted by Gasteiger charge is 2.19. The molecule has 0 radical (unpaired) electrons. The summed E-state index contributed by atoms with van der Waals surface area (Å²) < 4.78 is 0.482. The first-order chi connectivity index (χ1) is 8.24. The van der Waals surface area contributed by atoms with E-state index in [1.54, 1.807) is 11.3 Å². The van der Waals surface area contributed by atoms with Gasteiger partial charge in [-0.3, -0.25) is 10.2 Å². The Hall–Kier alpha value is -1.21. The van der Waals surface area contributed by atoms with Crippen LogP contribution in [0.2, 0.25) is 0 Å². The highest BCUT2D eigenvalue weighted by Crippen LogP contribution is 2.33. The number of aromatic amines is 2. The Balaban J connectivity index is 1.98. The van der Waals surface area contributed by atoms with Crippen LogP contribution in [0.5, 0.6) is 0 Å². The van der Waals surface area contributed by atoms with Crippen LogP contribution in [0.3, 0.4) is 0 Å². The first kappa shape index (κ1) is 10.9. The Bertz CT molecular complexity index is 576. The second-order valence-electron chi connectivity index (χ2n) is 4.12. The van der Waals surface area contributed by atoms with Crippen LogP contribution < -0.4 is 4.90 Å². The molecule has 1 aliphatic heterocycles. The van der Waals surface area contributed by atoms with Gasteiger partial charge in [-0.25, -0.2) is 4.98 Å². The summed E-state index contributed by atoms with van der Waals surface area (Å²) in [5, 5.41) is 6.89. The Morgan fingerprint density at radius 1 is 1.24 bits per heavy atom. The van der Waals surface area contributed by atoms with E-state index in [4.69, 9.17) is 12.2 Å². The molecule has 1 aliphatic rings. The predicted molar refractivity (Wildman–Crippen MR) is 71.1 cm³/mol. The van der Waals surface area contributed by atoms with Crippen LogP contribution in [0.15, 0.2) is 0 Å². The van der Waals surface area contributed by atoms with Gasteiger partial charge in [0.15, 0.2) is 11.0 Å². The van der Waals surface area contributed by atoms with Gasteiger partial charge in [-0.1, -0.05) is 11.3 Å². The molecule has 0 saturated carbocycles. The number of rotatable bonds is 2. The Kier molecular flexibility index (Phi) is 2.71. The van der Waals surface area contributed by atoms with E-state index in [2.05, 4.69) is 25.1 Å². The summed E-state index contributed by atoms with van der Waals surface area (Å²) in [5.74, 6) is 0.787. The van der Waals surface area contributed by atoms with Crippen LogP contribution >= 0.6 is 23.6 Å². The van der Waals surface area contributed by atoms with Crippen LogP contribution in [0.4, 0.5) is 5.13 Å². The van der Waals surface area contributed by atoms with E-state index in [-0.39, 0.29) is 0 Å². The number of hydrogen-bond acceptors (Lipinski definition) is 5. The molecule has 90 valence electrons. The molecular weight excluding hydrogens is 254 g/mol. The molecular formula is C10H13N5S2. The lowest BCUT2D eigenvalue weighted by molar-refractivity contribution is 0.949. The molecule has 3 rings (SSSR count). The number of thiazole rings is 1. The first-order valence-corrected chi connectivity index (χ1v) is 6.84. The number of nitrogens with zero attached hydrogens (tertiary/aromatic N) is 3. The third-order valence-corrected chi connectivity index (χ3v) is 4.30. The normalized spacial score (nSPS) is 15.7. The van der Waals surface area contributed by atoms with Gasteiger partial charge >= 0.3 is 0 Å². The van der Waals surface area contributed by atoms with Crippen molar-refractivity contribution in [1.82, 2.24) is 20.2 Å². The minimum atomic E-state index is 0.482. The molecule has 2 aromatic rings. The summed E-state index contributed by atoms with van der Waals surface area (Å²) in [6.45, 7) is 4.24. The zero-order valence-electron chi connectivity index (χ0n) is 9.49. The minimum Gasteiger partial charge on any atom is -0.348 e. The average Bonchev–Trinajstić information content (AvgIpc) is 2.97. The number of hydrogen-bond donors (Lipinski definition) is 2. The molecule has 0 spiro atoms. The van der Waals surface area contributed by atoms with Crippen molar-refractivity contribution in [3.63, 3.8) is 0 Å². The van der Waals surface area contributed by atoms with Gasteiger partial charge < -0.3 is 4.90 Å². The Morgan fingerprint density at radius 3 is 2.65 bits per heavy atom. The van der Waals surface area contributed by atoms with Gasteiger partial charge in [0.2, 0.25) is 4.77 Å². The first-order valence-electron chi connectivity index (χ1n) is 5.61. The zero-order valence-corrected chi connectivity index (χ0v) is 11.1. The summed E-state index contributed by atoms with van der Waals surface area (Å²) in [5.41, 5.74) is 1.01. The second-order valence-corrected chi connectivity index (χ2v) is 5.48. The van der Waals surface area contributed by atoms with Crippen molar-refractivity contribution >= 4 is 28.7 Å². The fraction of sp³-hybridized carbons (Fsp3) is 0.500. The van der Waals surface area contributed by atoms with Crippen molar-refractivity contribution in [2.75, 3.05) is 18.0 Å². The van der Waals surface area contributed by atoms with Gasteiger partial charge in [0.05, 0.1) is 10.6 Å². The van der Waals surface area contributed by atoms with Gasteiger partial charge in [-0.05, 0) is 32.0 Å². The molecule has 0 aromatic carbocycles. The quantitative estimate of drug-likeness (QED) is 0.821. The monoisotopic (exact) mass is 267 g/mol. The standard InChI is InChI=1S/C10H13N5S2/c1-6-7(8-12-9(16)14-13-8)17-10(11-6)15-4-2-3-5-15/h2-5H2,1H3,(H2,12,13,14,16). The topological polar surface area (TPSA) is 60.6 Å². The summed E-state index contributed by atoms with van der Waals surface area (Å²) in [4.78, 5) is 12.3. The Labute approximate surface area is 108 Å². The van der Waals surface area contributed by atoms with E-state index in [0.717, 1.165) is 34.6 Å². The van der Waals surface area contributed by atoms with E-state index in [0.29, 0.717) is 4.77 Å². The molecule has 0 unspecified atom stereocenters. The molecule has 3 heterocycles. The van der Waals surface area contributed by atoms with Crippen molar-refractivity contribution in [1.29, 1.82) is 0 Å². The highest BCUT2D eigenvalue weighted by molar-refractivity contribution is 7.71. The largest absolute Gasteiger partial charge is 0.348 e. The van der Waals surface area contributed by atoms with E-state index in [1.807, 2.05) is 6.92 Å². The average molecular weight is 267 g/mol. The number of aromatic nitrogens is 4. The van der Waals surface area contributed by atoms with Crippen LogP contribution in [0.1, 0.15) is 18.5 Å². The number of H-pyrrole nitrogens is 2. The van der Waals surface area contributed by atoms with Crippen molar-refractivity contribution in [3.8, 4) is 10.7 Å². The maximum absolute atomic E-state index is 4.97. The highest BCUT2D eigenvalue weighted by atomic mass is 32.1. The van der Waals surface area contributed by atoms with Crippen molar-refractivity contribution < 1.29 is 0 Å². The van der Waals surface area contributed by atoms with Gasteiger partial charge in [0, 0.05) is 13.1 Å². The molecule has 17 heavy (non-hydrogen) atoms. The van der Waals surface area contributed by atoms with Gasteiger partial charge in [0.25, 0.3) is 0 Å². The zero-order chi connectivity index (χ0) is 11.8. The predicted octanol–water partition coefficient (Wildman–Crippen LogP) is 2.50. The molecule has 2 aromatic heterocycles. The lowest BCUT2D eigenvalue weighted by Crippen LogP contribution is -2.17. The maximum atomic E-state index is 4.97. The lowest BCUT2D eigenvalue weighted by Gasteiger charge is -2.11. The summed E-state index contributed by atoms with van der Waals surface area (Å²) in [6, 6.07) is 0. The molecule has 2 N–H and O–H groups in total. The molecule has 0 aliphatic carbocycles.